The van der Waals surface area contributed by atoms with E-state index in [1.165, 1.54) is 0 Å². The Morgan fingerprint density at radius 1 is 1.50 bits per heavy atom. The van der Waals surface area contributed by atoms with Gasteiger partial charge in [-0.15, -0.1) is 11.6 Å². The van der Waals surface area contributed by atoms with Gasteiger partial charge in [0.15, 0.2) is 0 Å². The molecule has 0 aromatic rings. The van der Waals surface area contributed by atoms with E-state index in [4.69, 9.17) is 16.3 Å². The predicted octanol–water partition coefficient (Wildman–Crippen LogP) is 1.94. The van der Waals surface area contributed by atoms with Crippen molar-refractivity contribution in [1.82, 2.24) is 5.32 Å². The molecule has 0 aromatic heterocycles. The van der Waals surface area contributed by atoms with E-state index in [1.54, 1.807) is 0 Å². The van der Waals surface area contributed by atoms with Crippen molar-refractivity contribution in [3.63, 3.8) is 0 Å². The summed E-state index contributed by atoms with van der Waals surface area (Å²) in [6, 6.07) is 0. The van der Waals surface area contributed by atoms with Gasteiger partial charge in [0, 0.05) is 25.5 Å². The van der Waals surface area contributed by atoms with Gasteiger partial charge in [0.2, 0.25) is 5.91 Å². The molecule has 0 rings (SSSR count). The third-order valence-electron chi connectivity index (χ3n) is 1.83. The molecule has 1 unspecified atom stereocenters. The lowest BCUT2D eigenvalue weighted by atomic mass is 10.2. The van der Waals surface area contributed by atoms with Crippen molar-refractivity contribution < 1.29 is 9.53 Å². The molecular weight excluding hydrogens is 202 g/mol. The highest BCUT2D eigenvalue weighted by molar-refractivity contribution is 6.17. The number of amides is 1. The topological polar surface area (TPSA) is 38.3 Å². The third kappa shape index (κ3) is 8.32. The zero-order chi connectivity index (χ0) is 10.8. The number of alkyl halides is 1. The largest absolute Gasteiger partial charge is 0.377 e. The Bertz CT molecular complexity index is 153. The lowest BCUT2D eigenvalue weighted by Crippen LogP contribution is -2.31. The van der Waals surface area contributed by atoms with Crippen molar-refractivity contribution in [3.05, 3.63) is 0 Å². The van der Waals surface area contributed by atoms with E-state index in [-0.39, 0.29) is 12.0 Å². The van der Waals surface area contributed by atoms with Crippen LogP contribution < -0.4 is 5.32 Å². The molecular formula is C10H20ClNO2. The summed E-state index contributed by atoms with van der Waals surface area (Å²) in [6.07, 6.45) is 2.41. The molecule has 0 heterocycles. The zero-order valence-electron chi connectivity index (χ0n) is 9.01. The van der Waals surface area contributed by atoms with Crippen LogP contribution in [0.15, 0.2) is 0 Å². The Balaban J connectivity index is 3.34. The molecule has 0 bridgehead atoms. The number of ether oxygens (including phenoxy) is 1. The molecule has 1 N–H and O–H groups in total. The molecule has 3 nitrogen and oxygen atoms in total. The molecule has 0 saturated heterocycles. The van der Waals surface area contributed by atoms with Crippen molar-refractivity contribution in [2.24, 2.45) is 0 Å². The Morgan fingerprint density at radius 2 is 2.21 bits per heavy atom. The van der Waals surface area contributed by atoms with E-state index in [1.807, 2.05) is 13.8 Å². The number of hydrogen-bond acceptors (Lipinski definition) is 2. The highest BCUT2D eigenvalue weighted by atomic mass is 35.5. The van der Waals surface area contributed by atoms with Crippen molar-refractivity contribution in [3.8, 4) is 0 Å². The van der Waals surface area contributed by atoms with Crippen LogP contribution in [-0.4, -0.2) is 31.0 Å². The van der Waals surface area contributed by atoms with Crippen LogP contribution in [0.1, 0.15) is 33.1 Å². The van der Waals surface area contributed by atoms with Crippen LogP contribution in [-0.2, 0) is 9.53 Å². The third-order valence-corrected chi connectivity index (χ3v) is 2.09. The predicted molar refractivity (Wildman–Crippen MR) is 58.7 cm³/mol. The normalized spacial score (nSPS) is 12.5. The first-order chi connectivity index (χ1) is 6.70. The first-order valence-electron chi connectivity index (χ1n) is 5.15. The highest BCUT2D eigenvalue weighted by Crippen LogP contribution is 1.97. The molecule has 0 fully saturated rings. The molecule has 1 amide bonds. The van der Waals surface area contributed by atoms with E-state index in [2.05, 4.69) is 5.32 Å². The average molecular weight is 222 g/mol. The molecule has 84 valence electrons. The fourth-order valence-electron chi connectivity index (χ4n) is 1.07. The molecule has 0 saturated carbocycles. The number of carbonyl (C=O) groups excluding carboxylic acids is 1. The summed E-state index contributed by atoms with van der Waals surface area (Å²) in [7, 11) is 0. The Kier molecular flexibility index (Phi) is 9.10. The van der Waals surface area contributed by atoms with Crippen LogP contribution in [0.4, 0.5) is 0 Å². The second kappa shape index (κ2) is 9.28. The van der Waals surface area contributed by atoms with Gasteiger partial charge in [-0.05, 0) is 26.7 Å². The van der Waals surface area contributed by atoms with Crippen molar-refractivity contribution in [2.75, 3.05) is 19.0 Å². The maximum atomic E-state index is 11.2. The minimum atomic E-state index is 0.0849. The van der Waals surface area contributed by atoms with Crippen LogP contribution in [0.25, 0.3) is 0 Å². The minimum absolute atomic E-state index is 0.0849. The fourth-order valence-corrected chi connectivity index (χ4v) is 1.26. The highest BCUT2D eigenvalue weighted by Gasteiger charge is 2.04. The molecule has 1 atom stereocenters. The second-order valence-corrected chi connectivity index (χ2v) is 3.59. The van der Waals surface area contributed by atoms with E-state index >= 15 is 0 Å². The SMILES string of the molecule is CCOC(C)CNC(=O)CCCCCl. The van der Waals surface area contributed by atoms with Crippen LogP contribution in [0, 0.1) is 0 Å². The number of nitrogens with one attached hydrogen (secondary N) is 1. The first-order valence-corrected chi connectivity index (χ1v) is 5.68. The summed E-state index contributed by atoms with van der Waals surface area (Å²) in [5, 5.41) is 2.82. The van der Waals surface area contributed by atoms with E-state index in [0.29, 0.717) is 25.5 Å². The standard InChI is InChI=1S/C10H20ClNO2/c1-3-14-9(2)8-12-10(13)6-4-5-7-11/h9H,3-8H2,1-2H3,(H,12,13). The Hall–Kier alpha value is -0.280. The summed E-state index contributed by atoms with van der Waals surface area (Å²) < 4.78 is 5.28. The van der Waals surface area contributed by atoms with Crippen molar-refractivity contribution in [2.45, 2.75) is 39.2 Å². The van der Waals surface area contributed by atoms with Crippen LogP contribution in [0.2, 0.25) is 0 Å². The van der Waals surface area contributed by atoms with Gasteiger partial charge in [-0.3, -0.25) is 4.79 Å². The van der Waals surface area contributed by atoms with Crippen LogP contribution >= 0.6 is 11.6 Å². The van der Waals surface area contributed by atoms with Gasteiger partial charge >= 0.3 is 0 Å². The molecule has 4 heteroatoms. The maximum absolute atomic E-state index is 11.2. The quantitative estimate of drug-likeness (QED) is 0.503. The van der Waals surface area contributed by atoms with Crippen molar-refractivity contribution >= 4 is 17.5 Å². The van der Waals surface area contributed by atoms with E-state index in [9.17, 15) is 4.79 Å². The lowest BCUT2D eigenvalue weighted by molar-refractivity contribution is -0.121. The smallest absolute Gasteiger partial charge is 0.220 e. The number of rotatable bonds is 8. The van der Waals surface area contributed by atoms with Gasteiger partial charge in [0.1, 0.15) is 0 Å². The van der Waals surface area contributed by atoms with Gasteiger partial charge in [-0.1, -0.05) is 0 Å². The van der Waals surface area contributed by atoms with Gasteiger partial charge in [-0.25, -0.2) is 0 Å². The molecule has 0 spiro atoms. The Morgan fingerprint density at radius 3 is 2.79 bits per heavy atom. The summed E-state index contributed by atoms with van der Waals surface area (Å²) in [6.45, 7) is 5.16. The Labute approximate surface area is 91.2 Å². The van der Waals surface area contributed by atoms with Gasteiger partial charge in [0.25, 0.3) is 0 Å². The van der Waals surface area contributed by atoms with E-state index < -0.39 is 0 Å². The molecule has 0 aliphatic heterocycles. The number of halogens is 1. The lowest BCUT2D eigenvalue weighted by Gasteiger charge is -2.12. The van der Waals surface area contributed by atoms with Crippen molar-refractivity contribution in [1.29, 1.82) is 0 Å². The van der Waals surface area contributed by atoms with E-state index in [0.717, 1.165) is 12.8 Å². The zero-order valence-corrected chi connectivity index (χ0v) is 9.77. The molecule has 0 aliphatic carbocycles. The van der Waals surface area contributed by atoms with Gasteiger partial charge < -0.3 is 10.1 Å². The maximum Gasteiger partial charge on any atom is 0.220 e. The average Bonchev–Trinajstić information content (AvgIpc) is 2.16. The molecule has 0 aromatic carbocycles. The molecule has 0 radical (unpaired) electrons. The number of unbranched alkanes of at least 4 members (excludes halogenated alkanes) is 1. The second-order valence-electron chi connectivity index (χ2n) is 3.22. The fraction of sp³-hybridized carbons (Fsp3) is 0.900. The minimum Gasteiger partial charge on any atom is -0.377 e. The summed E-state index contributed by atoms with van der Waals surface area (Å²) in [4.78, 5) is 11.2. The number of hydrogen-bond donors (Lipinski definition) is 1. The van der Waals surface area contributed by atoms with Crippen LogP contribution in [0.3, 0.4) is 0 Å². The van der Waals surface area contributed by atoms with Gasteiger partial charge in [-0.2, -0.15) is 0 Å². The number of carbonyl (C=O) groups is 1. The summed E-state index contributed by atoms with van der Waals surface area (Å²) >= 11 is 5.50. The van der Waals surface area contributed by atoms with Gasteiger partial charge in [0.05, 0.1) is 6.10 Å². The molecule has 14 heavy (non-hydrogen) atoms. The molecule has 0 aliphatic rings. The summed E-state index contributed by atoms with van der Waals surface area (Å²) in [5.41, 5.74) is 0. The monoisotopic (exact) mass is 221 g/mol. The first kappa shape index (κ1) is 13.7. The van der Waals surface area contributed by atoms with Crippen LogP contribution in [0.5, 0.6) is 0 Å². The summed E-state index contributed by atoms with van der Waals surface area (Å²) in [5.74, 6) is 0.712.